The Morgan fingerprint density at radius 1 is 1.04 bits per heavy atom. The molecule has 2 heterocycles. The van der Waals surface area contributed by atoms with Crippen LogP contribution in [0.5, 0.6) is 0 Å². The Kier molecular flexibility index (Phi) is 3.13. The fourth-order valence-corrected chi connectivity index (χ4v) is 2.99. The van der Waals surface area contributed by atoms with E-state index in [1.54, 1.807) is 6.07 Å². The smallest absolute Gasteiger partial charge is 0.315 e. The first-order chi connectivity index (χ1) is 11.5. The molecule has 1 aromatic heterocycles. The average molecular weight is 320 g/mol. The van der Waals surface area contributed by atoms with Gasteiger partial charge in [0.15, 0.2) is 0 Å². The molecule has 2 amide bonds. The molecular weight excluding hydrogens is 304 g/mol. The lowest BCUT2D eigenvalue weighted by atomic mass is 9.92. The van der Waals surface area contributed by atoms with Crippen molar-refractivity contribution >= 4 is 16.9 Å². The Bertz CT molecular complexity index is 994. The van der Waals surface area contributed by atoms with E-state index in [0.717, 1.165) is 11.1 Å². The van der Waals surface area contributed by atoms with Crippen LogP contribution < -0.4 is 16.2 Å². The number of nitrogens with zero attached hydrogens (tertiary/aromatic N) is 1. The molecule has 1 aliphatic rings. The van der Waals surface area contributed by atoms with Crippen LogP contribution in [-0.4, -0.2) is 22.5 Å². The second-order valence-corrected chi connectivity index (χ2v) is 6.15. The zero-order chi connectivity index (χ0) is 16.7. The molecule has 3 aromatic rings. The summed E-state index contributed by atoms with van der Waals surface area (Å²) in [6.07, 6.45) is 0. The predicted molar refractivity (Wildman–Crippen MR) is 91.7 cm³/mol. The van der Waals surface area contributed by atoms with Crippen molar-refractivity contribution < 1.29 is 4.79 Å². The minimum absolute atomic E-state index is 0.154. The molecule has 24 heavy (non-hydrogen) atoms. The minimum atomic E-state index is -0.431. The standard InChI is InChI=1S/C18H16N4O2/c1-18(10-19-17(24)22-18)12-8-6-11(7-9-12)15-20-14-5-3-2-4-13(14)16(23)21-15/h2-9H,10H2,1H3,(H2,19,22,24)(H,20,21,23)/t18-/m1/s1. The van der Waals surface area contributed by atoms with Gasteiger partial charge in [-0.1, -0.05) is 36.4 Å². The van der Waals surface area contributed by atoms with E-state index in [2.05, 4.69) is 20.6 Å². The molecule has 120 valence electrons. The van der Waals surface area contributed by atoms with Crippen molar-refractivity contribution in [3.8, 4) is 11.4 Å². The van der Waals surface area contributed by atoms with E-state index in [1.165, 1.54) is 0 Å². The van der Waals surface area contributed by atoms with Gasteiger partial charge >= 0.3 is 6.03 Å². The first-order valence-corrected chi connectivity index (χ1v) is 7.71. The van der Waals surface area contributed by atoms with Crippen molar-refractivity contribution in [2.45, 2.75) is 12.5 Å². The van der Waals surface area contributed by atoms with Crippen LogP contribution in [0.25, 0.3) is 22.3 Å². The minimum Gasteiger partial charge on any atom is -0.335 e. The monoisotopic (exact) mass is 320 g/mol. The molecule has 3 N–H and O–H groups in total. The number of carbonyl (C=O) groups is 1. The average Bonchev–Trinajstić information content (AvgIpc) is 2.95. The maximum Gasteiger partial charge on any atom is 0.315 e. The first kappa shape index (κ1) is 14.4. The van der Waals surface area contributed by atoms with Crippen LogP contribution in [0, 0.1) is 0 Å². The second kappa shape index (κ2) is 5.19. The lowest BCUT2D eigenvalue weighted by Gasteiger charge is -2.23. The summed E-state index contributed by atoms with van der Waals surface area (Å²) in [6.45, 7) is 2.51. The normalized spacial score (nSPS) is 20.0. The van der Waals surface area contributed by atoms with Gasteiger partial charge < -0.3 is 15.6 Å². The van der Waals surface area contributed by atoms with E-state index in [4.69, 9.17) is 0 Å². The van der Waals surface area contributed by atoms with Gasteiger partial charge in [-0.25, -0.2) is 9.78 Å². The lowest BCUT2D eigenvalue weighted by Crippen LogP contribution is -2.37. The molecule has 0 radical (unpaired) electrons. The first-order valence-electron chi connectivity index (χ1n) is 7.71. The highest BCUT2D eigenvalue weighted by molar-refractivity contribution is 5.79. The molecule has 0 bridgehead atoms. The maximum absolute atomic E-state index is 12.2. The number of urea groups is 1. The number of para-hydroxylation sites is 1. The lowest BCUT2D eigenvalue weighted by molar-refractivity contribution is 0.245. The van der Waals surface area contributed by atoms with Crippen LogP contribution in [0.4, 0.5) is 4.79 Å². The number of nitrogens with one attached hydrogen (secondary N) is 3. The summed E-state index contributed by atoms with van der Waals surface area (Å²) >= 11 is 0. The summed E-state index contributed by atoms with van der Waals surface area (Å²) in [4.78, 5) is 30.9. The zero-order valence-electron chi connectivity index (χ0n) is 13.1. The number of hydrogen-bond donors (Lipinski definition) is 3. The molecule has 1 saturated heterocycles. The SMILES string of the molecule is C[C@]1(c2ccc(-c3nc4ccccc4c(=O)[nH]3)cc2)CNC(=O)N1. The highest BCUT2D eigenvalue weighted by Crippen LogP contribution is 2.25. The van der Waals surface area contributed by atoms with Crippen molar-refractivity contribution in [3.05, 3.63) is 64.4 Å². The van der Waals surface area contributed by atoms with Gasteiger partial charge in [0.25, 0.3) is 5.56 Å². The van der Waals surface area contributed by atoms with Gasteiger partial charge in [0.2, 0.25) is 0 Å². The van der Waals surface area contributed by atoms with Crippen LogP contribution in [-0.2, 0) is 5.54 Å². The molecule has 1 aliphatic heterocycles. The molecular formula is C18H16N4O2. The zero-order valence-corrected chi connectivity index (χ0v) is 13.1. The Balaban J connectivity index is 1.73. The second-order valence-electron chi connectivity index (χ2n) is 6.15. The topological polar surface area (TPSA) is 86.9 Å². The largest absolute Gasteiger partial charge is 0.335 e. The fraction of sp³-hybridized carbons (Fsp3) is 0.167. The van der Waals surface area contributed by atoms with E-state index in [1.807, 2.05) is 49.4 Å². The van der Waals surface area contributed by atoms with E-state index >= 15 is 0 Å². The quantitative estimate of drug-likeness (QED) is 0.676. The number of aromatic nitrogens is 2. The highest BCUT2D eigenvalue weighted by Gasteiger charge is 2.34. The number of aromatic amines is 1. The van der Waals surface area contributed by atoms with Crippen LogP contribution in [0.15, 0.2) is 53.3 Å². The molecule has 2 aromatic carbocycles. The van der Waals surface area contributed by atoms with Gasteiger partial charge in [-0.3, -0.25) is 4.79 Å². The third-order valence-electron chi connectivity index (χ3n) is 4.40. The molecule has 0 spiro atoms. The highest BCUT2D eigenvalue weighted by atomic mass is 16.2. The van der Waals surface area contributed by atoms with E-state index in [0.29, 0.717) is 23.3 Å². The van der Waals surface area contributed by atoms with Crippen molar-refractivity contribution in [2.75, 3.05) is 6.54 Å². The summed E-state index contributed by atoms with van der Waals surface area (Å²) in [5, 5.41) is 6.26. The molecule has 1 atom stereocenters. The third-order valence-corrected chi connectivity index (χ3v) is 4.40. The fourth-order valence-electron chi connectivity index (χ4n) is 2.99. The number of fused-ring (bicyclic) bond motifs is 1. The van der Waals surface area contributed by atoms with E-state index < -0.39 is 5.54 Å². The van der Waals surface area contributed by atoms with Crippen LogP contribution in [0.1, 0.15) is 12.5 Å². The maximum atomic E-state index is 12.2. The molecule has 6 nitrogen and oxygen atoms in total. The number of H-pyrrole nitrogens is 1. The van der Waals surface area contributed by atoms with Gasteiger partial charge in [-0.05, 0) is 24.6 Å². The number of carbonyl (C=O) groups excluding carboxylic acids is 1. The Labute approximate surface area is 137 Å². The van der Waals surface area contributed by atoms with Gasteiger partial charge in [-0.15, -0.1) is 0 Å². The van der Waals surface area contributed by atoms with Gasteiger partial charge in [0, 0.05) is 12.1 Å². The van der Waals surface area contributed by atoms with Crippen molar-refractivity contribution in [3.63, 3.8) is 0 Å². The van der Waals surface area contributed by atoms with Gasteiger partial charge in [0.1, 0.15) is 5.82 Å². The molecule has 0 saturated carbocycles. The van der Waals surface area contributed by atoms with Crippen molar-refractivity contribution in [1.29, 1.82) is 0 Å². The number of amides is 2. The Morgan fingerprint density at radius 2 is 1.79 bits per heavy atom. The van der Waals surface area contributed by atoms with Crippen molar-refractivity contribution in [2.24, 2.45) is 0 Å². The molecule has 0 unspecified atom stereocenters. The number of hydrogen-bond acceptors (Lipinski definition) is 3. The molecule has 4 rings (SSSR count). The summed E-state index contributed by atoms with van der Waals surface area (Å²) in [5.74, 6) is 0.531. The molecule has 6 heteroatoms. The van der Waals surface area contributed by atoms with Crippen molar-refractivity contribution in [1.82, 2.24) is 20.6 Å². The van der Waals surface area contributed by atoms with Crippen LogP contribution in [0.3, 0.4) is 0 Å². The summed E-state index contributed by atoms with van der Waals surface area (Å²) < 4.78 is 0. The number of benzene rings is 2. The predicted octanol–water partition coefficient (Wildman–Crippen LogP) is 2.12. The Morgan fingerprint density at radius 3 is 2.50 bits per heavy atom. The van der Waals surface area contributed by atoms with Gasteiger partial charge in [-0.2, -0.15) is 0 Å². The summed E-state index contributed by atoms with van der Waals surface area (Å²) in [7, 11) is 0. The van der Waals surface area contributed by atoms with E-state index in [9.17, 15) is 9.59 Å². The van der Waals surface area contributed by atoms with Gasteiger partial charge in [0.05, 0.1) is 16.4 Å². The molecule has 1 fully saturated rings. The van der Waals surface area contributed by atoms with E-state index in [-0.39, 0.29) is 11.6 Å². The van der Waals surface area contributed by atoms with Crippen LogP contribution in [0.2, 0.25) is 0 Å². The Hall–Kier alpha value is -3.15. The summed E-state index contributed by atoms with van der Waals surface area (Å²) in [6, 6.07) is 14.8. The summed E-state index contributed by atoms with van der Waals surface area (Å²) in [5.41, 5.74) is 1.90. The number of rotatable bonds is 2. The van der Waals surface area contributed by atoms with Crippen LogP contribution >= 0.6 is 0 Å². The third kappa shape index (κ3) is 2.32. The molecule has 0 aliphatic carbocycles.